The summed E-state index contributed by atoms with van der Waals surface area (Å²) in [6.45, 7) is 4.15. The zero-order chi connectivity index (χ0) is 9.78. The molecule has 0 N–H and O–H groups in total. The third kappa shape index (κ3) is 6.00. The minimum atomic E-state index is -2.78. The van der Waals surface area contributed by atoms with E-state index in [1.165, 1.54) is 6.26 Å². The first-order valence-corrected chi connectivity index (χ1v) is 7.16. The molecule has 0 saturated carbocycles. The van der Waals surface area contributed by atoms with Crippen molar-refractivity contribution in [3.63, 3.8) is 0 Å². The van der Waals surface area contributed by atoms with Crippen LogP contribution in [0, 0.1) is 5.92 Å². The van der Waals surface area contributed by atoms with Gasteiger partial charge in [0.25, 0.3) is 0 Å². The molecule has 0 aliphatic carbocycles. The number of sulfone groups is 1. The molecule has 12 heavy (non-hydrogen) atoms. The number of hydrogen-bond donors (Lipinski definition) is 0. The molecule has 0 heterocycles. The standard InChI is InChI=1S/C8H17BrO2S/c1-4-8(7(2)9)5-6-12(3,10)11/h7-8H,4-6H2,1-3H3. The van der Waals surface area contributed by atoms with Crippen molar-refractivity contribution in [2.45, 2.75) is 31.5 Å². The molecule has 0 rings (SSSR count). The predicted molar refractivity (Wildman–Crippen MR) is 56.5 cm³/mol. The summed E-state index contributed by atoms with van der Waals surface area (Å²) >= 11 is 3.47. The molecule has 0 aliphatic rings. The fourth-order valence-electron chi connectivity index (χ4n) is 1.12. The van der Waals surface area contributed by atoms with Crippen molar-refractivity contribution in [3.05, 3.63) is 0 Å². The van der Waals surface area contributed by atoms with E-state index in [-0.39, 0.29) is 0 Å². The van der Waals surface area contributed by atoms with E-state index in [0.717, 1.165) is 12.8 Å². The Morgan fingerprint density at radius 2 is 1.92 bits per heavy atom. The Balaban J connectivity index is 3.90. The van der Waals surface area contributed by atoms with E-state index >= 15 is 0 Å². The summed E-state index contributed by atoms with van der Waals surface area (Å²) in [5.74, 6) is 0.779. The lowest BCUT2D eigenvalue weighted by atomic mass is 10.0. The summed E-state index contributed by atoms with van der Waals surface area (Å²) < 4.78 is 21.7. The van der Waals surface area contributed by atoms with Crippen molar-refractivity contribution >= 4 is 25.8 Å². The van der Waals surface area contributed by atoms with Gasteiger partial charge in [0.2, 0.25) is 0 Å². The topological polar surface area (TPSA) is 34.1 Å². The minimum absolute atomic E-state index is 0.307. The predicted octanol–water partition coefficient (Wildman–Crippen LogP) is 2.23. The van der Waals surface area contributed by atoms with E-state index in [4.69, 9.17) is 0 Å². The van der Waals surface area contributed by atoms with Gasteiger partial charge in [-0.3, -0.25) is 0 Å². The van der Waals surface area contributed by atoms with Gasteiger partial charge < -0.3 is 0 Å². The van der Waals surface area contributed by atoms with Crippen LogP contribution < -0.4 is 0 Å². The van der Waals surface area contributed by atoms with Crippen LogP contribution >= 0.6 is 15.9 Å². The Morgan fingerprint density at radius 3 is 2.17 bits per heavy atom. The smallest absolute Gasteiger partial charge is 0.147 e. The number of alkyl halides is 1. The fraction of sp³-hybridized carbons (Fsp3) is 1.00. The molecule has 0 saturated heterocycles. The van der Waals surface area contributed by atoms with Gasteiger partial charge in [0.05, 0.1) is 5.75 Å². The van der Waals surface area contributed by atoms with Gasteiger partial charge in [-0.1, -0.05) is 36.2 Å². The van der Waals surface area contributed by atoms with Crippen molar-refractivity contribution in [2.24, 2.45) is 5.92 Å². The van der Waals surface area contributed by atoms with Gasteiger partial charge >= 0.3 is 0 Å². The van der Waals surface area contributed by atoms with Gasteiger partial charge in [-0.2, -0.15) is 0 Å². The summed E-state index contributed by atoms with van der Waals surface area (Å²) in [5, 5.41) is 0. The second-order valence-corrected chi connectivity index (χ2v) is 6.97. The molecule has 0 aromatic carbocycles. The molecule has 0 aromatic heterocycles. The number of rotatable bonds is 5. The molecular weight excluding hydrogens is 240 g/mol. The molecule has 2 unspecified atom stereocenters. The minimum Gasteiger partial charge on any atom is -0.229 e. The van der Waals surface area contributed by atoms with Gasteiger partial charge in [-0.15, -0.1) is 0 Å². The highest BCUT2D eigenvalue weighted by atomic mass is 79.9. The van der Waals surface area contributed by atoms with E-state index in [9.17, 15) is 8.42 Å². The van der Waals surface area contributed by atoms with E-state index in [0.29, 0.717) is 16.5 Å². The molecule has 4 heteroatoms. The van der Waals surface area contributed by atoms with Gasteiger partial charge in [0.1, 0.15) is 9.84 Å². The zero-order valence-electron chi connectivity index (χ0n) is 7.88. The van der Waals surface area contributed by atoms with Gasteiger partial charge in [-0.05, 0) is 12.3 Å². The molecule has 0 spiro atoms. The van der Waals surface area contributed by atoms with Crippen molar-refractivity contribution in [1.29, 1.82) is 0 Å². The molecule has 0 amide bonds. The lowest BCUT2D eigenvalue weighted by Crippen LogP contribution is -2.15. The third-order valence-corrected chi connectivity index (χ3v) is 3.76. The summed E-state index contributed by atoms with van der Waals surface area (Å²) in [7, 11) is -2.78. The molecule has 0 fully saturated rings. The highest BCUT2D eigenvalue weighted by Crippen LogP contribution is 2.20. The monoisotopic (exact) mass is 256 g/mol. The van der Waals surface area contributed by atoms with E-state index in [1.54, 1.807) is 0 Å². The van der Waals surface area contributed by atoms with Crippen molar-refractivity contribution < 1.29 is 8.42 Å². The molecule has 0 radical (unpaired) electrons. The molecular formula is C8H17BrO2S. The van der Waals surface area contributed by atoms with Crippen LogP contribution in [0.15, 0.2) is 0 Å². The van der Waals surface area contributed by atoms with Crippen LogP contribution in [0.1, 0.15) is 26.7 Å². The fourth-order valence-corrected chi connectivity index (χ4v) is 2.49. The molecule has 0 aliphatic heterocycles. The third-order valence-electron chi connectivity index (χ3n) is 2.03. The van der Waals surface area contributed by atoms with Crippen molar-refractivity contribution in [2.75, 3.05) is 12.0 Å². The highest BCUT2D eigenvalue weighted by molar-refractivity contribution is 9.09. The van der Waals surface area contributed by atoms with Crippen LogP contribution in [0.2, 0.25) is 0 Å². The van der Waals surface area contributed by atoms with Crippen LogP contribution in [-0.4, -0.2) is 25.3 Å². The maximum atomic E-state index is 10.9. The lowest BCUT2D eigenvalue weighted by Gasteiger charge is -2.16. The Labute approximate surface area is 83.8 Å². The van der Waals surface area contributed by atoms with Crippen LogP contribution in [0.5, 0.6) is 0 Å². The van der Waals surface area contributed by atoms with Gasteiger partial charge in [0.15, 0.2) is 0 Å². The highest BCUT2D eigenvalue weighted by Gasteiger charge is 2.14. The Kier molecular flexibility index (Phi) is 5.41. The zero-order valence-corrected chi connectivity index (χ0v) is 10.3. The largest absolute Gasteiger partial charge is 0.229 e. The molecule has 0 bridgehead atoms. The van der Waals surface area contributed by atoms with Gasteiger partial charge in [0, 0.05) is 11.1 Å². The van der Waals surface area contributed by atoms with Crippen LogP contribution in [0.4, 0.5) is 0 Å². The first-order chi connectivity index (χ1) is 5.37. The first kappa shape index (κ1) is 12.4. The summed E-state index contributed by atoms with van der Waals surface area (Å²) in [6, 6.07) is 0. The molecule has 2 nitrogen and oxygen atoms in total. The maximum Gasteiger partial charge on any atom is 0.147 e. The van der Waals surface area contributed by atoms with Crippen LogP contribution in [0.25, 0.3) is 0 Å². The Morgan fingerprint density at radius 1 is 1.42 bits per heavy atom. The first-order valence-electron chi connectivity index (χ1n) is 4.18. The lowest BCUT2D eigenvalue weighted by molar-refractivity contribution is 0.491. The summed E-state index contributed by atoms with van der Waals surface area (Å²) in [5.41, 5.74) is 0. The molecule has 74 valence electrons. The second-order valence-electron chi connectivity index (χ2n) is 3.26. The average molecular weight is 257 g/mol. The summed E-state index contributed by atoms with van der Waals surface area (Å²) in [4.78, 5) is 0.407. The van der Waals surface area contributed by atoms with E-state index < -0.39 is 9.84 Å². The van der Waals surface area contributed by atoms with Crippen LogP contribution in [-0.2, 0) is 9.84 Å². The number of hydrogen-bond acceptors (Lipinski definition) is 2. The van der Waals surface area contributed by atoms with Crippen molar-refractivity contribution in [1.82, 2.24) is 0 Å². The molecule has 2 atom stereocenters. The van der Waals surface area contributed by atoms with Crippen molar-refractivity contribution in [3.8, 4) is 0 Å². The second kappa shape index (κ2) is 5.22. The van der Waals surface area contributed by atoms with E-state index in [2.05, 4.69) is 29.8 Å². The Hall–Kier alpha value is 0.430. The Bertz CT molecular complexity index is 209. The average Bonchev–Trinajstić information content (AvgIpc) is 1.85. The summed E-state index contributed by atoms with van der Waals surface area (Å²) in [6.07, 6.45) is 3.09. The van der Waals surface area contributed by atoms with Gasteiger partial charge in [-0.25, -0.2) is 8.42 Å². The SMILES string of the molecule is CCC(CCS(C)(=O)=O)C(C)Br. The van der Waals surface area contributed by atoms with Crippen LogP contribution in [0.3, 0.4) is 0 Å². The number of halogens is 1. The normalized spacial score (nSPS) is 17.3. The maximum absolute atomic E-state index is 10.9. The molecule has 0 aromatic rings. The van der Waals surface area contributed by atoms with E-state index in [1.807, 2.05) is 0 Å². The quantitative estimate of drug-likeness (QED) is 0.708.